The first-order valence-electron chi connectivity index (χ1n) is 20.2. The van der Waals surface area contributed by atoms with Crippen LogP contribution in [0, 0.1) is 0 Å². The van der Waals surface area contributed by atoms with Gasteiger partial charge in [0.1, 0.15) is 6.15 Å². The van der Waals surface area contributed by atoms with E-state index in [2.05, 4.69) is 0 Å². The molecule has 404 valence electrons. The van der Waals surface area contributed by atoms with E-state index in [1.807, 2.05) is 47.2 Å². The molecule has 1 aromatic heterocycles. The third-order valence-electron chi connectivity index (χ3n) is 11.0. The third-order valence-corrected chi connectivity index (χ3v) is 11.1. The highest BCUT2D eigenvalue weighted by Crippen LogP contribution is 2.41. The van der Waals surface area contributed by atoms with Crippen molar-refractivity contribution in [2.75, 3.05) is 6.07 Å². The average Bonchev–Trinajstić information content (AvgIpc) is 3.27. The molecule has 0 aliphatic heterocycles. The van der Waals surface area contributed by atoms with Crippen LogP contribution in [0.4, 0.5) is 105 Å². The van der Waals surface area contributed by atoms with Crippen molar-refractivity contribution in [1.29, 1.82) is 0 Å². The van der Waals surface area contributed by atoms with Gasteiger partial charge in [-0.1, -0.05) is 90.5 Å². The van der Waals surface area contributed by atoms with Crippen molar-refractivity contribution in [3.05, 3.63) is 183 Å². The maximum absolute atomic E-state index is 14.2. The lowest BCUT2D eigenvalue weighted by Gasteiger charge is -2.46. The van der Waals surface area contributed by atoms with Gasteiger partial charge in [0, 0.05) is 17.7 Å². The Balaban J connectivity index is 0.000000483. The molecule has 29 heteroatoms. The Bertz CT molecular complexity index is 2570. The quantitative estimate of drug-likeness (QED) is 0.0500. The number of benzene rings is 5. The molecule has 5 aromatic carbocycles. The van der Waals surface area contributed by atoms with Gasteiger partial charge >= 0.3 is 55.4 Å². The fourth-order valence-corrected chi connectivity index (χ4v) is 7.87. The molecule has 0 aliphatic rings. The van der Waals surface area contributed by atoms with E-state index in [1.54, 1.807) is 12.1 Å². The first kappa shape index (κ1) is 59.3. The highest BCUT2D eigenvalue weighted by atomic mass is 35.5. The zero-order valence-corrected chi connectivity index (χ0v) is 37.1. The van der Waals surface area contributed by atoms with Gasteiger partial charge in [0.15, 0.2) is 18.8 Å². The molecule has 0 N–H and O–H groups in total. The number of hydrogen-bond donors (Lipinski definition) is 0. The lowest BCUT2D eigenvalue weighted by Crippen LogP contribution is -2.75. The van der Waals surface area contributed by atoms with Gasteiger partial charge in [-0.3, -0.25) is 0 Å². The minimum atomic E-state index is -6.13. The Morgan fingerprint density at radius 1 is 0.387 bits per heavy atom. The molecular formula is C46H25BClF24NO2. The monoisotopic (exact) mass is 1130 g/mol. The largest absolute Gasteiger partial charge is 0.441 e. The molecule has 0 amide bonds. The summed E-state index contributed by atoms with van der Waals surface area (Å²) in [6, 6.07) is 6.36. The molecule has 6 rings (SSSR count). The van der Waals surface area contributed by atoms with E-state index in [4.69, 9.17) is 16.3 Å². The first-order chi connectivity index (χ1) is 34.1. The normalized spacial score (nSPS) is 13.3. The van der Waals surface area contributed by atoms with E-state index in [0.717, 1.165) is 5.56 Å². The van der Waals surface area contributed by atoms with Crippen LogP contribution in [0.1, 0.15) is 60.6 Å². The minimum absolute atomic E-state index is 0.140. The number of pyridine rings is 1. The summed E-state index contributed by atoms with van der Waals surface area (Å²) in [6.07, 6.45) is -53.0. The molecule has 1 heterocycles. The molecule has 0 atom stereocenters. The zero-order valence-electron chi connectivity index (χ0n) is 36.3. The molecule has 0 spiro atoms. The molecular weight excluding hydrogens is 1100 g/mol. The van der Waals surface area contributed by atoms with Crippen molar-refractivity contribution in [3.63, 3.8) is 0 Å². The number of rotatable bonds is 8. The zero-order chi connectivity index (χ0) is 56.7. The van der Waals surface area contributed by atoms with E-state index in [9.17, 15) is 110 Å². The second-order valence-electron chi connectivity index (χ2n) is 16.0. The van der Waals surface area contributed by atoms with Gasteiger partial charge in [-0.2, -0.15) is 132 Å². The van der Waals surface area contributed by atoms with E-state index in [1.165, 1.54) is 0 Å². The number of nitrogens with zero attached hydrogens (tertiary/aromatic N) is 1. The van der Waals surface area contributed by atoms with Crippen LogP contribution in [-0.4, -0.2) is 18.2 Å². The number of ether oxygens (including phenoxy) is 1. The highest BCUT2D eigenvalue weighted by molar-refractivity contribution is 7.20. The standard InChI is InChI=1S/C32H12BF24.C14H13ClNO2/c34-25(35,36)13-1-14(26(37,38)39)6-21(5-13)33(22-7-15(27(40,41)42)2-16(8-22)28(43,44)45,23-9-17(29(46,47)48)3-18(10-23)30(49,50)51)24-11-19(31(52,53)54)4-20(12-24)32(55,56)57;15-11-18-14(17)13-8-4-5-9-16(13)10-12-6-2-1-3-7-12/h1-12H;1-9H,10-11H2/q-1;+1. The third kappa shape index (κ3) is 14.0. The lowest BCUT2D eigenvalue weighted by molar-refractivity contribution is -0.690. The Morgan fingerprint density at radius 3 is 0.880 bits per heavy atom. The first-order valence-corrected chi connectivity index (χ1v) is 20.7. The van der Waals surface area contributed by atoms with Gasteiger partial charge in [-0.05, 0) is 30.3 Å². The molecule has 0 saturated carbocycles. The maximum atomic E-state index is 14.2. The van der Waals surface area contributed by atoms with Gasteiger partial charge in [0.2, 0.25) is 0 Å². The van der Waals surface area contributed by atoms with Crippen LogP contribution in [-0.2, 0) is 60.7 Å². The van der Waals surface area contributed by atoms with Crippen LogP contribution in [0.2, 0.25) is 0 Å². The molecule has 0 radical (unpaired) electrons. The van der Waals surface area contributed by atoms with Crippen LogP contribution in [0.5, 0.6) is 0 Å². The number of carbonyl (C=O) groups is 1. The molecule has 0 aliphatic carbocycles. The van der Waals surface area contributed by atoms with E-state index in [0.29, 0.717) is 12.2 Å². The summed E-state index contributed by atoms with van der Waals surface area (Å²) in [7, 11) is 0. The summed E-state index contributed by atoms with van der Waals surface area (Å²) in [5.74, 6) is -0.415. The predicted octanol–water partition coefficient (Wildman–Crippen LogP) is 13.6. The van der Waals surface area contributed by atoms with Crippen LogP contribution in [0.25, 0.3) is 0 Å². The molecule has 6 aromatic rings. The van der Waals surface area contributed by atoms with Crippen molar-refractivity contribution < 1.29 is 119 Å². The van der Waals surface area contributed by atoms with E-state index >= 15 is 0 Å². The van der Waals surface area contributed by atoms with Crippen LogP contribution >= 0.6 is 11.6 Å². The van der Waals surface area contributed by atoms with Crippen LogP contribution in [0.3, 0.4) is 0 Å². The Hall–Kier alpha value is -6.61. The van der Waals surface area contributed by atoms with Crippen LogP contribution in [0.15, 0.2) is 128 Å². The number of halogens is 25. The Labute approximate surface area is 409 Å². The molecule has 0 fully saturated rings. The second kappa shape index (κ2) is 20.8. The molecule has 0 unspecified atom stereocenters. The van der Waals surface area contributed by atoms with Crippen molar-refractivity contribution >= 4 is 45.6 Å². The van der Waals surface area contributed by atoms with Crippen molar-refractivity contribution in [3.8, 4) is 0 Å². The average molecular weight is 1130 g/mol. The molecule has 0 saturated heterocycles. The molecule has 75 heavy (non-hydrogen) atoms. The molecule has 3 nitrogen and oxygen atoms in total. The topological polar surface area (TPSA) is 30.2 Å². The van der Waals surface area contributed by atoms with Crippen LogP contribution < -0.4 is 26.4 Å². The lowest BCUT2D eigenvalue weighted by atomic mass is 9.12. The fraction of sp³-hybridized carbons (Fsp3) is 0.217. The summed E-state index contributed by atoms with van der Waals surface area (Å²) in [4.78, 5) is 11.7. The fourth-order valence-electron chi connectivity index (χ4n) is 7.77. The van der Waals surface area contributed by atoms with Gasteiger partial charge in [0.05, 0.1) is 44.5 Å². The summed E-state index contributed by atoms with van der Waals surface area (Å²) in [5.41, 5.74) is -28.6. The number of aromatic nitrogens is 1. The van der Waals surface area contributed by atoms with Gasteiger partial charge in [0.25, 0.3) is 5.69 Å². The highest BCUT2D eigenvalue weighted by Gasteiger charge is 2.47. The Morgan fingerprint density at radius 2 is 0.640 bits per heavy atom. The van der Waals surface area contributed by atoms with Gasteiger partial charge < -0.3 is 4.74 Å². The summed E-state index contributed by atoms with van der Waals surface area (Å²) < 4.78 is 347. The SMILES string of the molecule is FC(F)(F)c1cc([B-](c2cc(C(F)(F)F)cc(C(F)(F)F)c2)(c2cc(C(F)(F)F)cc(C(F)(F)F)c2)c2cc(C(F)(F)F)cc(C(F)(F)F)c2)cc(C(F)(F)F)c1.O=C(OCCl)c1cccc[n+]1Cc1ccccc1. The van der Waals surface area contributed by atoms with Crippen molar-refractivity contribution in [2.45, 2.75) is 56.0 Å². The number of alkyl halides is 25. The number of hydrogen-bond acceptors (Lipinski definition) is 2. The summed E-state index contributed by atoms with van der Waals surface area (Å²) in [5, 5.41) is 0. The smallest absolute Gasteiger partial charge is 0.416 e. The van der Waals surface area contributed by atoms with Gasteiger partial charge in [-0.15, -0.1) is 0 Å². The number of esters is 1. The van der Waals surface area contributed by atoms with Crippen molar-refractivity contribution in [1.82, 2.24) is 0 Å². The predicted molar refractivity (Wildman–Crippen MR) is 218 cm³/mol. The molecule has 0 bridgehead atoms. The van der Waals surface area contributed by atoms with E-state index in [-0.39, 0.29) is 6.07 Å². The maximum Gasteiger partial charge on any atom is 0.416 e. The Kier molecular flexibility index (Phi) is 16.5. The summed E-state index contributed by atoms with van der Waals surface area (Å²) in [6.45, 7) is 0.619. The van der Waals surface area contributed by atoms with E-state index < -0.39 is 201 Å². The van der Waals surface area contributed by atoms with Gasteiger partial charge in [-0.25, -0.2) is 4.79 Å². The second-order valence-corrected chi connectivity index (χ2v) is 16.2. The van der Waals surface area contributed by atoms with Crippen molar-refractivity contribution in [2.24, 2.45) is 0 Å². The number of carbonyl (C=O) groups excluding carboxylic acids is 1. The summed E-state index contributed by atoms with van der Waals surface area (Å²) >= 11 is 5.41. The minimum Gasteiger partial charge on any atom is -0.441 e.